The number of nitrogens with one attached hydrogen (secondary N) is 1. The lowest BCUT2D eigenvalue weighted by molar-refractivity contribution is -0.122. The molecule has 0 spiro atoms. The van der Waals surface area contributed by atoms with Crippen LogP contribution in [0.25, 0.3) is 0 Å². The molecule has 128 valence electrons. The summed E-state index contributed by atoms with van der Waals surface area (Å²) in [5.74, 6) is 0.809. The van der Waals surface area contributed by atoms with Crippen molar-refractivity contribution in [1.82, 2.24) is 0 Å². The number of amides is 1. The summed E-state index contributed by atoms with van der Waals surface area (Å²) in [6, 6.07) is 12.9. The number of para-hydroxylation sites is 1. The van der Waals surface area contributed by atoms with Crippen molar-refractivity contribution < 1.29 is 9.53 Å². The second-order valence-corrected chi connectivity index (χ2v) is 6.48. The van der Waals surface area contributed by atoms with E-state index in [1.165, 1.54) is 0 Å². The van der Waals surface area contributed by atoms with Crippen LogP contribution in [0.2, 0.25) is 10.0 Å². The van der Waals surface area contributed by atoms with E-state index in [9.17, 15) is 4.79 Å². The number of benzene rings is 2. The Morgan fingerprint density at radius 1 is 1.12 bits per heavy atom. The molecule has 0 heterocycles. The predicted octanol–water partition coefficient (Wildman–Crippen LogP) is 5.91. The van der Waals surface area contributed by atoms with Crippen LogP contribution in [0.15, 0.2) is 42.5 Å². The van der Waals surface area contributed by atoms with Crippen LogP contribution in [-0.2, 0) is 4.79 Å². The molecule has 1 amide bonds. The molecule has 0 aliphatic rings. The summed E-state index contributed by atoms with van der Waals surface area (Å²) < 4.78 is 5.88. The monoisotopic (exact) mass is 365 g/mol. The lowest BCUT2D eigenvalue weighted by Gasteiger charge is -2.20. The van der Waals surface area contributed by atoms with Crippen molar-refractivity contribution >= 4 is 34.8 Å². The summed E-state index contributed by atoms with van der Waals surface area (Å²) in [6.07, 6.45) is 0.337. The molecule has 1 N–H and O–H groups in total. The third kappa shape index (κ3) is 4.43. The molecule has 0 radical (unpaired) electrons. The Bertz CT molecular complexity index is 718. The largest absolute Gasteiger partial charge is 0.481 e. The lowest BCUT2D eigenvalue weighted by atomic mass is 9.98. The molecule has 24 heavy (non-hydrogen) atoms. The number of halogens is 2. The fraction of sp³-hybridized carbons (Fsp3) is 0.316. The zero-order valence-corrected chi connectivity index (χ0v) is 15.5. The number of rotatable bonds is 6. The van der Waals surface area contributed by atoms with Crippen LogP contribution in [0.4, 0.5) is 5.69 Å². The summed E-state index contributed by atoms with van der Waals surface area (Å²) in [5.41, 5.74) is 1.57. The molecule has 0 saturated heterocycles. The molecular weight excluding hydrogens is 345 g/mol. The quantitative estimate of drug-likeness (QED) is 0.690. The average Bonchev–Trinajstić information content (AvgIpc) is 2.58. The standard InChI is InChI=1S/C19H21Cl2NO2/c1-4-12(2)14-8-5-6-11-17(14)24-13(3)19(23)22-16-10-7-9-15(20)18(16)21/h5-13H,4H2,1-3H3,(H,22,23). The maximum absolute atomic E-state index is 12.4. The summed E-state index contributed by atoms with van der Waals surface area (Å²) in [4.78, 5) is 12.4. The highest BCUT2D eigenvalue weighted by atomic mass is 35.5. The normalized spacial score (nSPS) is 13.2. The number of ether oxygens (including phenoxy) is 1. The van der Waals surface area contributed by atoms with Crippen molar-refractivity contribution in [2.24, 2.45) is 0 Å². The number of carbonyl (C=O) groups is 1. The van der Waals surface area contributed by atoms with Crippen molar-refractivity contribution in [1.29, 1.82) is 0 Å². The first-order valence-electron chi connectivity index (χ1n) is 7.94. The highest BCUT2D eigenvalue weighted by molar-refractivity contribution is 6.44. The van der Waals surface area contributed by atoms with Crippen LogP contribution in [0.1, 0.15) is 38.7 Å². The fourth-order valence-electron chi connectivity index (χ4n) is 2.29. The van der Waals surface area contributed by atoms with Gasteiger partial charge in [0, 0.05) is 0 Å². The third-order valence-electron chi connectivity index (χ3n) is 3.94. The van der Waals surface area contributed by atoms with Gasteiger partial charge in [0.05, 0.1) is 15.7 Å². The van der Waals surface area contributed by atoms with Crippen molar-refractivity contribution in [2.45, 2.75) is 39.2 Å². The van der Waals surface area contributed by atoms with Gasteiger partial charge in [-0.1, -0.05) is 61.3 Å². The Kier molecular flexibility index (Phi) is 6.52. The van der Waals surface area contributed by atoms with E-state index in [0.29, 0.717) is 21.7 Å². The number of anilines is 1. The average molecular weight is 366 g/mol. The van der Waals surface area contributed by atoms with E-state index in [1.54, 1.807) is 25.1 Å². The van der Waals surface area contributed by atoms with E-state index >= 15 is 0 Å². The summed E-state index contributed by atoms with van der Waals surface area (Å²) in [6.45, 7) is 5.97. The molecule has 0 bridgehead atoms. The van der Waals surface area contributed by atoms with Crippen molar-refractivity contribution in [3.63, 3.8) is 0 Å². The summed E-state index contributed by atoms with van der Waals surface area (Å²) >= 11 is 12.1. The smallest absolute Gasteiger partial charge is 0.265 e. The van der Waals surface area contributed by atoms with Gasteiger partial charge in [-0.25, -0.2) is 0 Å². The Morgan fingerprint density at radius 2 is 1.83 bits per heavy atom. The minimum Gasteiger partial charge on any atom is -0.481 e. The number of carbonyl (C=O) groups excluding carboxylic acids is 1. The molecular formula is C19H21Cl2NO2. The van der Waals surface area contributed by atoms with E-state index in [0.717, 1.165) is 17.7 Å². The maximum atomic E-state index is 12.4. The minimum atomic E-state index is -0.662. The van der Waals surface area contributed by atoms with Crippen LogP contribution in [0.5, 0.6) is 5.75 Å². The molecule has 0 fully saturated rings. The predicted molar refractivity (Wildman–Crippen MR) is 100 cm³/mol. The van der Waals surface area contributed by atoms with Gasteiger partial charge in [0.2, 0.25) is 0 Å². The fourth-order valence-corrected chi connectivity index (χ4v) is 2.64. The first-order valence-corrected chi connectivity index (χ1v) is 8.70. The second-order valence-electron chi connectivity index (χ2n) is 5.70. The first kappa shape index (κ1) is 18.6. The van der Waals surface area contributed by atoms with Gasteiger partial charge in [-0.3, -0.25) is 4.79 Å². The van der Waals surface area contributed by atoms with Gasteiger partial charge in [0.1, 0.15) is 5.75 Å². The summed E-state index contributed by atoms with van der Waals surface area (Å²) in [7, 11) is 0. The Labute approximate surface area is 152 Å². The maximum Gasteiger partial charge on any atom is 0.265 e. The molecule has 0 aliphatic carbocycles. The van der Waals surface area contributed by atoms with Crippen LogP contribution >= 0.6 is 23.2 Å². The molecule has 2 atom stereocenters. The number of hydrogen-bond acceptors (Lipinski definition) is 2. The van der Waals surface area contributed by atoms with Crippen LogP contribution in [0.3, 0.4) is 0 Å². The van der Waals surface area contributed by atoms with Crippen LogP contribution in [0, 0.1) is 0 Å². The molecule has 2 aromatic carbocycles. The van der Waals surface area contributed by atoms with Gasteiger partial charge >= 0.3 is 0 Å². The highest BCUT2D eigenvalue weighted by Crippen LogP contribution is 2.31. The summed E-state index contributed by atoms with van der Waals surface area (Å²) in [5, 5.41) is 3.47. The molecule has 2 unspecified atom stereocenters. The van der Waals surface area contributed by atoms with Gasteiger partial charge in [-0.2, -0.15) is 0 Å². The Morgan fingerprint density at radius 3 is 2.54 bits per heavy atom. The van der Waals surface area contributed by atoms with Gasteiger partial charge in [-0.05, 0) is 43.0 Å². The van der Waals surface area contributed by atoms with E-state index < -0.39 is 6.10 Å². The Hall–Kier alpha value is -1.71. The third-order valence-corrected chi connectivity index (χ3v) is 4.76. The van der Waals surface area contributed by atoms with Gasteiger partial charge in [0.25, 0.3) is 5.91 Å². The van der Waals surface area contributed by atoms with Crippen LogP contribution in [-0.4, -0.2) is 12.0 Å². The minimum absolute atomic E-state index is 0.280. The molecule has 0 saturated carbocycles. The second kappa shape index (κ2) is 8.41. The van der Waals surface area contributed by atoms with Gasteiger partial charge in [0.15, 0.2) is 6.10 Å². The zero-order valence-electron chi connectivity index (χ0n) is 14.0. The first-order chi connectivity index (χ1) is 11.4. The molecule has 3 nitrogen and oxygen atoms in total. The number of hydrogen-bond donors (Lipinski definition) is 1. The van der Waals surface area contributed by atoms with E-state index in [4.69, 9.17) is 27.9 Å². The lowest BCUT2D eigenvalue weighted by Crippen LogP contribution is -2.30. The molecule has 0 aliphatic heterocycles. The van der Waals surface area contributed by atoms with Crippen molar-refractivity contribution in [3.8, 4) is 5.75 Å². The molecule has 2 aromatic rings. The highest BCUT2D eigenvalue weighted by Gasteiger charge is 2.19. The van der Waals surface area contributed by atoms with E-state index in [-0.39, 0.29) is 5.91 Å². The zero-order chi connectivity index (χ0) is 17.7. The topological polar surface area (TPSA) is 38.3 Å². The van der Waals surface area contributed by atoms with E-state index in [1.807, 2.05) is 24.3 Å². The van der Waals surface area contributed by atoms with Gasteiger partial charge < -0.3 is 10.1 Å². The Balaban J connectivity index is 2.11. The van der Waals surface area contributed by atoms with Crippen LogP contribution < -0.4 is 10.1 Å². The van der Waals surface area contributed by atoms with Crippen molar-refractivity contribution in [3.05, 3.63) is 58.1 Å². The SMILES string of the molecule is CCC(C)c1ccccc1OC(C)C(=O)Nc1cccc(Cl)c1Cl. The van der Waals surface area contributed by atoms with E-state index in [2.05, 4.69) is 19.2 Å². The molecule has 5 heteroatoms. The molecule has 2 rings (SSSR count). The van der Waals surface area contributed by atoms with Gasteiger partial charge in [-0.15, -0.1) is 0 Å². The molecule has 0 aromatic heterocycles. The van der Waals surface area contributed by atoms with Crippen molar-refractivity contribution in [2.75, 3.05) is 5.32 Å².